The van der Waals surface area contributed by atoms with Crippen molar-refractivity contribution in [2.24, 2.45) is 0 Å². The molecule has 1 fully saturated rings. The second kappa shape index (κ2) is 7.70. The van der Waals surface area contributed by atoms with Crippen LogP contribution in [0.4, 0.5) is 11.4 Å². The number of benzene rings is 1. The molecule has 2 N–H and O–H groups in total. The monoisotopic (exact) mass is 341 g/mol. The van der Waals surface area contributed by atoms with E-state index >= 15 is 0 Å². The SMILES string of the molecule is Cc1cc(C)n(CC(=O)Nc2ccccc2NC2CCN(C)CC2)n1. The zero-order valence-electron chi connectivity index (χ0n) is 15.2. The van der Waals surface area contributed by atoms with Crippen molar-refractivity contribution in [1.82, 2.24) is 14.7 Å². The molecular weight excluding hydrogens is 314 g/mol. The van der Waals surface area contributed by atoms with Gasteiger partial charge >= 0.3 is 0 Å². The second-order valence-corrected chi connectivity index (χ2v) is 6.90. The number of hydrogen-bond donors (Lipinski definition) is 2. The first-order valence-corrected chi connectivity index (χ1v) is 8.86. The quantitative estimate of drug-likeness (QED) is 0.878. The standard InChI is InChI=1S/C19H27N5O/c1-14-12-15(2)24(22-14)13-19(25)21-18-7-5-4-6-17(18)20-16-8-10-23(3)11-9-16/h4-7,12,16,20H,8-11,13H2,1-3H3,(H,21,25). The van der Waals surface area contributed by atoms with Crippen LogP contribution in [0.25, 0.3) is 0 Å². The molecule has 6 heteroatoms. The van der Waals surface area contributed by atoms with E-state index < -0.39 is 0 Å². The van der Waals surface area contributed by atoms with Gasteiger partial charge < -0.3 is 15.5 Å². The number of aryl methyl sites for hydroxylation is 2. The van der Waals surface area contributed by atoms with E-state index in [9.17, 15) is 4.79 Å². The van der Waals surface area contributed by atoms with Crippen LogP contribution in [0.15, 0.2) is 30.3 Å². The molecule has 6 nitrogen and oxygen atoms in total. The van der Waals surface area contributed by atoms with Gasteiger partial charge in [0, 0.05) is 11.7 Å². The van der Waals surface area contributed by atoms with Crippen molar-refractivity contribution in [2.45, 2.75) is 39.3 Å². The van der Waals surface area contributed by atoms with Crippen molar-refractivity contribution < 1.29 is 4.79 Å². The summed E-state index contributed by atoms with van der Waals surface area (Å²) in [4.78, 5) is 14.8. The lowest BCUT2D eigenvalue weighted by Gasteiger charge is -2.30. The fraction of sp³-hybridized carbons (Fsp3) is 0.474. The molecule has 0 unspecified atom stereocenters. The molecule has 0 bridgehead atoms. The van der Waals surface area contributed by atoms with Gasteiger partial charge in [0.1, 0.15) is 6.54 Å². The molecule has 2 aromatic rings. The van der Waals surface area contributed by atoms with Crippen LogP contribution in [0.5, 0.6) is 0 Å². The number of piperidine rings is 1. The summed E-state index contributed by atoms with van der Waals surface area (Å²) in [5, 5.41) is 11.0. The second-order valence-electron chi connectivity index (χ2n) is 6.90. The van der Waals surface area contributed by atoms with E-state index in [1.54, 1.807) is 4.68 Å². The third kappa shape index (κ3) is 4.60. The summed E-state index contributed by atoms with van der Waals surface area (Å²) in [6, 6.07) is 10.3. The lowest BCUT2D eigenvalue weighted by atomic mass is 10.0. The summed E-state index contributed by atoms with van der Waals surface area (Å²) in [6.07, 6.45) is 2.23. The largest absolute Gasteiger partial charge is 0.381 e. The summed E-state index contributed by atoms with van der Waals surface area (Å²) < 4.78 is 1.73. The average molecular weight is 341 g/mol. The van der Waals surface area contributed by atoms with Crippen molar-refractivity contribution >= 4 is 17.3 Å². The Balaban J connectivity index is 1.64. The van der Waals surface area contributed by atoms with Crippen LogP contribution in [0.1, 0.15) is 24.2 Å². The van der Waals surface area contributed by atoms with E-state index in [2.05, 4.69) is 27.7 Å². The highest BCUT2D eigenvalue weighted by Crippen LogP contribution is 2.24. The number of nitrogens with zero attached hydrogens (tertiary/aromatic N) is 3. The van der Waals surface area contributed by atoms with Crippen LogP contribution in [-0.2, 0) is 11.3 Å². The number of likely N-dealkylation sites (tertiary alicyclic amines) is 1. The van der Waals surface area contributed by atoms with Crippen LogP contribution in [0, 0.1) is 13.8 Å². The molecule has 1 aromatic heterocycles. The van der Waals surface area contributed by atoms with E-state index in [1.807, 2.05) is 44.2 Å². The van der Waals surface area contributed by atoms with Gasteiger partial charge in [0.2, 0.25) is 5.91 Å². The van der Waals surface area contributed by atoms with Gasteiger partial charge in [-0.1, -0.05) is 12.1 Å². The molecule has 0 radical (unpaired) electrons. The minimum atomic E-state index is -0.0659. The summed E-state index contributed by atoms with van der Waals surface area (Å²) in [7, 11) is 2.16. The van der Waals surface area contributed by atoms with E-state index in [4.69, 9.17) is 0 Å². The van der Waals surface area contributed by atoms with Crippen molar-refractivity contribution in [1.29, 1.82) is 0 Å². The number of para-hydroxylation sites is 2. The van der Waals surface area contributed by atoms with Gasteiger partial charge in [0.15, 0.2) is 0 Å². The highest BCUT2D eigenvalue weighted by atomic mass is 16.2. The molecule has 1 saturated heterocycles. The van der Waals surface area contributed by atoms with E-state index in [0.29, 0.717) is 6.04 Å². The van der Waals surface area contributed by atoms with Crippen LogP contribution < -0.4 is 10.6 Å². The zero-order chi connectivity index (χ0) is 17.8. The number of rotatable bonds is 5. The number of nitrogens with one attached hydrogen (secondary N) is 2. The maximum absolute atomic E-state index is 12.4. The number of carbonyl (C=O) groups is 1. The first-order chi connectivity index (χ1) is 12.0. The molecule has 0 aliphatic carbocycles. The molecule has 1 aromatic carbocycles. The maximum atomic E-state index is 12.4. The Labute approximate surface area is 149 Å². The molecule has 0 spiro atoms. The summed E-state index contributed by atoms with van der Waals surface area (Å²) in [5.74, 6) is -0.0659. The minimum Gasteiger partial charge on any atom is -0.381 e. The Hall–Kier alpha value is -2.34. The first kappa shape index (κ1) is 17.5. The number of amides is 1. The maximum Gasteiger partial charge on any atom is 0.246 e. The predicted molar refractivity (Wildman–Crippen MR) is 101 cm³/mol. The molecular formula is C19H27N5O. The fourth-order valence-corrected chi connectivity index (χ4v) is 3.25. The third-order valence-corrected chi connectivity index (χ3v) is 4.68. The van der Waals surface area contributed by atoms with Gasteiger partial charge in [-0.2, -0.15) is 5.10 Å². The van der Waals surface area contributed by atoms with Crippen LogP contribution in [0.2, 0.25) is 0 Å². The van der Waals surface area contributed by atoms with Crippen molar-refractivity contribution in [3.8, 4) is 0 Å². The third-order valence-electron chi connectivity index (χ3n) is 4.68. The topological polar surface area (TPSA) is 62.2 Å². The molecule has 1 aliphatic rings. The molecule has 0 saturated carbocycles. The van der Waals surface area contributed by atoms with E-state index in [0.717, 1.165) is 48.7 Å². The summed E-state index contributed by atoms with van der Waals surface area (Å²) >= 11 is 0. The molecule has 3 rings (SSSR count). The van der Waals surface area contributed by atoms with E-state index in [1.165, 1.54) is 0 Å². The predicted octanol–water partition coefficient (Wildman–Crippen LogP) is 2.64. The lowest BCUT2D eigenvalue weighted by Crippen LogP contribution is -2.36. The molecule has 0 atom stereocenters. The molecule has 1 aliphatic heterocycles. The highest BCUT2D eigenvalue weighted by Gasteiger charge is 2.18. The first-order valence-electron chi connectivity index (χ1n) is 8.86. The number of anilines is 2. The van der Waals surface area contributed by atoms with Crippen LogP contribution in [0.3, 0.4) is 0 Å². The van der Waals surface area contributed by atoms with Crippen LogP contribution in [-0.4, -0.2) is 46.8 Å². The van der Waals surface area contributed by atoms with Crippen molar-refractivity contribution in [2.75, 3.05) is 30.8 Å². The Bertz CT molecular complexity index is 731. The number of hydrogen-bond acceptors (Lipinski definition) is 4. The Kier molecular flexibility index (Phi) is 5.38. The smallest absolute Gasteiger partial charge is 0.246 e. The van der Waals surface area contributed by atoms with E-state index in [-0.39, 0.29) is 12.5 Å². The van der Waals surface area contributed by atoms with Gasteiger partial charge in [0.25, 0.3) is 0 Å². The fourth-order valence-electron chi connectivity index (χ4n) is 3.25. The van der Waals surface area contributed by atoms with Gasteiger partial charge in [-0.05, 0) is 65.0 Å². The Morgan fingerprint density at radius 1 is 1.20 bits per heavy atom. The highest BCUT2D eigenvalue weighted by molar-refractivity contribution is 5.94. The van der Waals surface area contributed by atoms with Gasteiger partial charge in [-0.3, -0.25) is 9.48 Å². The molecule has 2 heterocycles. The zero-order valence-corrected chi connectivity index (χ0v) is 15.2. The molecule has 134 valence electrons. The lowest BCUT2D eigenvalue weighted by molar-refractivity contribution is -0.116. The normalized spacial score (nSPS) is 16.0. The van der Waals surface area contributed by atoms with Gasteiger partial charge in [-0.15, -0.1) is 0 Å². The van der Waals surface area contributed by atoms with Crippen LogP contribution >= 0.6 is 0 Å². The average Bonchev–Trinajstić information content (AvgIpc) is 2.88. The Morgan fingerprint density at radius 2 is 1.88 bits per heavy atom. The van der Waals surface area contributed by atoms with Crippen molar-refractivity contribution in [3.63, 3.8) is 0 Å². The molecule has 1 amide bonds. The number of aromatic nitrogens is 2. The summed E-state index contributed by atoms with van der Waals surface area (Å²) in [6.45, 7) is 6.32. The van der Waals surface area contributed by atoms with Crippen molar-refractivity contribution in [3.05, 3.63) is 41.7 Å². The minimum absolute atomic E-state index is 0.0659. The van der Waals surface area contributed by atoms with Gasteiger partial charge in [0.05, 0.1) is 17.1 Å². The van der Waals surface area contributed by atoms with Gasteiger partial charge in [-0.25, -0.2) is 0 Å². The Morgan fingerprint density at radius 3 is 2.52 bits per heavy atom. The summed E-state index contributed by atoms with van der Waals surface area (Å²) in [5.41, 5.74) is 3.73. The molecule has 25 heavy (non-hydrogen) atoms. The number of carbonyl (C=O) groups excluding carboxylic acids is 1.